The maximum absolute atomic E-state index is 5.50. The summed E-state index contributed by atoms with van der Waals surface area (Å²) in [5, 5.41) is 6.81. The van der Waals surface area contributed by atoms with Crippen LogP contribution in [0.1, 0.15) is 24.5 Å². The Kier molecular flexibility index (Phi) is 1.99. The molecule has 1 fully saturated rings. The highest BCUT2D eigenvalue weighted by molar-refractivity contribution is 5.30. The normalized spacial score (nSPS) is 24.2. The number of aromatic nitrogens is 2. The van der Waals surface area contributed by atoms with Gasteiger partial charge in [0.1, 0.15) is 5.82 Å². The fourth-order valence-electron chi connectivity index (χ4n) is 1.55. The maximum atomic E-state index is 5.50. The van der Waals surface area contributed by atoms with Crippen LogP contribution in [-0.4, -0.2) is 23.4 Å². The number of hydrogen-bond acceptors (Lipinski definition) is 3. The van der Waals surface area contributed by atoms with E-state index in [0.29, 0.717) is 11.7 Å². The molecule has 66 valence electrons. The minimum Gasteiger partial charge on any atom is -0.382 e. The van der Waals surface area contributed by atoms with Crippen molar-refractivity contribution in [2.75, 3.05) is 18.9 Å². The number of aromatic amines is 1. The predicted molar refractivity (Wildman–Crippen MR) is 45.8 cm³/mol. The van der Waals surface area contributed by atoms with Gasteiger partial charge in [-0.05, 0) is 12.8 Å². The van der Waals surface area contributed by atoms with Crippen molar-refractivity contribution < 1.29 is 4.74 Å². The van der Waals surface area contributed by atoms with Gasteiger partial charge in [-0.25, -0.2) is 0 Å². The van der Waals surface area contributed by atoms with Gasteiger partial charge < -0.3 is 10.5 Å². The van der Waals surface area contributed by atoms with E-state index in [1.165, 1.54) is 6.42 Å². The van der Waals surface area contributed by atoms with Crippen LogP contribution in [0.3, 0.4) is 0 Å². The van der Waals surface area contributed by atoms with Crippen molar-refractivity contribution in [3.05, 3.63) is 11.8 Å². The van der Waals surface area contributed by atoms with Gasteiger partial charge in [-0.3, -0.25) is 5.10 Å². The van der Waals surface area contributed by atoms with Crippen LogP contribution >= 0.6 is 0 Å². The van der Waals surface area contributed by atoms with Gasteiger partial charge >= 0.3 is 0 Å². The van der Waals surface area contributed by atoms with E-state index in [1.54, 1.807) is 0 Å². The minimum atomic E-state index is 0.462. The molecule has 2 rings (SSSR count). The second-order valence-electron chi connectivity index (χ2n) is 3.16. The largest absolute Gasteiger partial charge is 0.382 e. The molecule has 1 atom stereocenters. The van der Waals surface area contributed by atoms with Crippen LogP contribution in [0.15, 0.2) is 6.07 Å². The van der Waals surface area contributed by atoms with E-state index in [2.05, 4.69) is 10.2 Å². The number of nitrogens with zero attached hydrogens (tertiary/aromatic N) is 1. The average Bonchev–Trinajstić information content (AvgIpc) is 2.54. The Hall–Kier alpha value is -1.03. The Balaban J connectivity index is 2.08. The molecule has 4 heteroatoms. The molecule has 1 aliphatic heterocycles. The summed E-state index contributed by atoms with van der Waals surface area (Å²) in [5.41, 5.74) is 6.61. The van der Waals surface area contributed by atoms with Crippen molar-refractivity contribution in [2.45, 2.75) is 18.8 Å². The summed E-state index contributed by atoms with van der Waals surface area (Å²) < 4.78 is 5.36. The molecule has 3 N–H and O–H groups in total. The van der Waals surface area contributed by atoms with Crippen LogP contribution in [-0.2, 0) is 4.74 Å². The van der Waals surface area contributed by atoms with E-state index in [9.17, 15) is 0 Å². The molecular formula is C8H13N3O. The van der Waals surface area contributed by atoms with Crippen LogP contribution in [0.4, 0.5) is 5.82 Å². The highest BCUT2D eigenvalue weighted by atomic mass is 16.5. The van der Waals surface area contributed by atoms with Crippen molar-refractivity contribution in [2.24, 2.45) is 0 Å². The van der Waals surface area contributed by atoms with Gasteiger partial charge in [0.15, 0.2) is 0 Å². The zero-order valence-electron chi connectivity index (χ0n) is 6.92. The summed E-state index contributed by atoms with van der Waals surface area (Å²) in [6.45, 7) is 1.68. The highest BCUT2D eigenvalue weighted by Crippen LogP contribution is 2.24. The first-order chi connectivity index (χ1) is 5.86. The molecular weight excluding hydrogens is 154 g/mol. The summed E-state index contributed by atoms with van der Waals surface area (Å²) in [6, 6.07) is 1.89. The number of anilines is 1. The molecule has 0 aliphatic carbocycles. The quantitative estimate of drug-likeness (QED) is 0.652. The molecule has 1 aromatic rings. The Morgan fingerprint density at radius 3 is 3.17 bits per heavy atom. The first-order valence-electron chi connectivity index (χ1n) is 4.25. The topological polar surface area (TPSA) is 63.9 Å². The molecule has 0 saturated carbocycles. The van der Waals surface area contributed by atoms with Gasteiger partial charge in [0, 0.05) is 24.3 Å². The lowest BCUT2D eigenvalue weighted by molar-refractivity contribution is 0.0793. The maximum Gasteiger partial charge on any atom is 0.145 e. The summed E-state index contributed by atoms with van der Waals surface area (Å²) >= 11 is 0. The summed E-state index contributed by atoms with van der Waals surface area (Å²) in [5.74, 6) is 1.03. The smallest absolute Gasteiger partial charge is 0.145 e. The first-order valence-corrected chi connectivity index (χ1v) is 4.25. The van der Waals surface area contributed by atoms with Crippen molar-refractivity contribution in [1.82, 2.24) is 10.2 Å². The molecule has 0 unspecified atom stereocenters. The van der Waals surface area contributed by atoms with Crippen molar-refractivity contribution in [1.29, 1.82) is 0 Å². The molecule has 12 heavy (non-hydrogen) atoms. The summed E-state index contributed by atoms with van der Waals surface area (Å²) in [6.07, 6.45) is 2.30. The second-order valence-corrected chi connectivity index (χ2v) is 3.16. The van der Waals surface area contributed by atoms with Crippen LogP contribution in [0, 0.1) is 0 Å². The molecule has 0 bridgehead atoms. The van der Waals surface area contributed by atoms with E-state index in [1.807, 2.05) is 6.07 Å². The Labute approximate surface area is 71.1 Å². The SMILES string of the molecule is Nc1cc([C@@H]2CCCOC2)[nH]n1. The van der Waals surface area contributed by atoms with Crippen molar-refractivity contribution >= 4 is 5.82 Å². The fraction of sp³-hybridized carbons (Fsp3) is 0.625. The van der Waals surface area contributed by atoms with Crippen molar-refractivity contribution in [3.63, 3.8) is 0 Å². The molecule has 0 amide bonds. The van der Waals surface area contributed by atoms with E-state index >= 15 is 0 Å². The number of hydrogen-bond donors (Lipinski definition) is 2. The molecule has 0 radical (unpaired) electrons. The standard InChI is InChI=1S/C8H13N3O/c9-8-4-7(10-11-8)6-2-1-3-12-5-6/h4,6H,1-3,5H2,(H3,9,10,11)/t6-/m1/s1. The third-order valence-electron chi connectivity index (χ3n) is 2.22. The summed E-state index contributed by atoms with van der Waals surface area (Å²) in [7, 11) is 0. The third kappa shape index (κ3) is 1.43. The van der Waals surface area contributed by atoms with Gasteiger partial charge in [0.05, 0.1) is 6.61 Å². The number of H-pyrrole nitrogens is 1. The van der Waals surface area contributed by atoms with Gasteiger partial charge in [-0.1, -0.05) is 0 Å². The number of nitrogens with one attached hydrogen (secondary N) is 1. The monoisotopic (exact) mass is 167 g/mol. The first kappa shape index (κ1) is 7.61. The van der Waals surface area contributed by atoms with Crippen LogP contribution in [0.25, 0.3) is 0 Å². The molecule has 0 aromatic carbocycles. The molecule has 2 heterocycles. The second kappa shape index (κ2) is 3.15. The number of rotatable bonds is 1. The lowest BCUT2D eigenvalue weighted by Crippen LogP contribution is -2.15. The Morgan fingerprint density at radius 2 is 2.58 bits per heavy atom. The number of nitrogen functional groups attached to an aromatic ring is 1. The van der Waals surface area contributed by atoms with Gasteiger partial charge in [-0.15, -0.1) is 0 Å². The third-order valence-corrected chi connectivity index (χ3v) is 2.22. The zero-order valence-corrected chi connectivity index (χ0v) is 6.92. The fourth-order valence-corrected chi connectivity index (χ4v) is 1.55. The predicted octanol–water partition coefficient (Wildman–Crippen LogP) is 0.886. The van der Waals surface area contributed by atoms with Gasteiger partial charge in [0.25, 0.3) is 0 Å². The Bertz CT molecular complexity index is 253. The molecule has 1 saturated heterocycles. The van der Waals surface area contributed by atoms with Crippen LogP contribution in [0.5, 0.6) is 0 Å². The minimum absolute atomic E-state index is 0.462. The number of ether oxygens (including phenoxy) is 1. The van der Waals surface area contributed by atoms with E-state index in [4.69, 9.17) is 10.5 Å². The van der Waals surface area contributed by atoms with Gasteiger partial charge in [-0.2, -0.15) is 5.10 Å². The molecule has 1 aliphatic rings. The van der Waals surface area contributed by atoms with Crippen LogP contribution < -0.4 is 5.73 Å². The average molecular weight is 167 g/mol. The van der Waals surface area contributed by atoms with E-state index < -0.39 is 0 Å². The van der Waals surface area contributed by atoms with Crippen LogP contribution in [0.2, 0.25) is 0 Å². The van der Waals surface area contributed by atoms with E-state index in [-0.39, 0.29) is 0 Å². The van der Waals surface area contributed by atoms with Crippen molar-refractivity contribution in [3.8, 4) is 0 Å². The molecule has 0 spiro atoms. The zero-order chi connectivity index (χ0) is 8.39. The number of nitrogens with two attached hydrogens (primary N) is 1. The summed E-state index contributed by atoms with van der Waals surface area (Å²) in [4.78, 5) is 0. The lowest BCUT2D eigenvalue weighted by Gasteiger charge is -2.20. The highest BCUT2D eigenvalue weighted by Gasteiger charge is 2.17. The van der Waals surface area contributed by atoms with E-state index in [0.717, 1.165) is 25.3 Å². The molecule has 1 aromatic heterocycles. The Morgan fingerprint density at radius 1 is 1.67 bits per heavy atom. The van der Waals surface area contributed by atoms with Gasteiger partial charge in [0.2, 0.25) is 0 Å². The molecule has 4 nitrogen and oxygen atoms in total. The lowest BCUT2D eigenvalue weighted by atomic mass is 9.99.